The van der Waals surface area contributed by atoms with Crippen LogP contribution in [0.4, 0.5) is 13.2 Å². The van der Waals surface area contributed by atoms with E-state index in [1.54, 1.807) is 37.3 Å². The van der Waals surface area contributed by atoms with Gasteiger partial charge in [-0.2, -0.15) is 18.3 Å². The van der Waals surface area contributed by atoms with E-state index in [0.717, 1.165) is 10.7 Å². The predicted octanol–water partition coefficient (Wildman–Crippen LogP) is 3.45. The maximum absolute atomic E-state index is 12.8. The van der Waals surface area contributed by atoms with Gasteiger partial charge in [0.05, 0.1) is 11.4 Å². The first kappa shape index (κ1) is 11.7. The fourth-order valence-electron chi connectivity index (χ4n) is 1.57. The Balaban J connectivity index is 2.57. The van der Waals surface area contributed by atoms with Crippen LogP contribution in [0, 0.1) is 0 Å². The Morgan fingerprint density at radius 1 is 1.18 bits per heavy atom. The van der Waals surface area contributed by atoms with Gasteiger partial charge in [-0.1, -0.05) is 25.1 Å². The summed E-state index contributed by atoms with van der Waals surface area (Å²) >= 11 is 0. The average molecular weight is 240 g/mol. The molecule has 0 unspecified atom stereocenters. The van der Waals surface area contributed by atoms with Crippen LogP contribution in [0.3, 0.4) is 0 Å². The second-order valence-corrected chi connectivity index (χ2v) is 3.62. The number of alkyl halides is 3. The first-order valence-corrected chi connectivity index (χ1v) is 5.24. The maximum atomic E-state index is 12.8. The minimum Gasteiger partial charge on any atom is -0.228 e. The highest BCUT2D eigenvalue weighted by atomic mass is 19.4. The number of rotatable bonds is 2. The molecule has 0 N–H and O–H groups in total. The summed E-state index contributed by atoms with van der Waals surface area (Å²) in [5.41, 5.74) is 0.112. The molecule has 0 bridgehead atoms. The first-order chi connectivity index (χ1) is 8.02. The van der Waals surface area contributed by atoms with E-state index < -0.39 is 11.9 Å². The summed E-state index contributed by atoms with van der Waals surface area (Å²) in [7, 11) is 0. The number of nitrogens with zero attached hydrogens (tertiary/aromatic N) is 2. The molecule has 1 heterocycles. The quantitative estimate of drug-likeness (QED) is 0.786. The molecule has 0 amide bonds. The Morgan fingerprint density at radius 2 is 1.82 bits per heavy atom. The van der Waals surface area contributed by atoms with Gasteiger partial charge in [0, 0.05) is 0 Å². The SMILES string of the molecule is CCc1cc(C(F)(F)F)n(-c2ccccc2)n1. The summed E-state index contributed by atoms with van der Waals surface area (Å²) in [4.78, 5) is 0. The maximum Gasteiger partial charge on any atom is 0.433 e. The van der Waals surface area contributed by atoms with Crippen molar-refractivity contribution in [2.75, 3.05) is 0 Å². The normalized spacial score (nSPS) is 11.8. The van der Waals surface area contributed by atoms with E-state index in [0.29, 0.717) is 17.8 Å². The lowest BCUT2D eigenvalue weighted by Crippen LogP contribution is -2.13. The van der Waals surface area contributed by atoms with Crippen molar-refractivity contribution >= 4 is 0 Å². The highest BCUT2D eigenvalue weighted by Gasteiger charge is 2.36. The molecule has 2 rings (SSSR count). The number of aryl methyl sites for hydroxylation is 1. The molecule has 0 atom stereocenters. The van der Waals surface area contributed by atoms with Gasteiger partial charge >= 0.3 is 6.18 Å². The minimum atomic E-state index is -4.39. The van der Waals surface area contributed by atoms with Crippen LogP contribution in [-0.2, 0) is 12.6 Å². The monoisotopic (exact) mass is 240 g/mol. The Hall–Kier alpha value is -1.78. The van der Waals surface area contributed by atoms with Crippen molar-refractivity contribution in [2.45, 2.75) is 19.5 Å². The van der Waals surface area contributed by atoms with Crippen molar-refractivity contribution in [1.82, 2.24) is 9.78 Å². The van der Waals surface area contributed by atoms with Crippen molar-refractivity contribution < 1.29 is 13.2 Å². The van der Waals surface area contributed by atoms with Gasteiger partial charge < -0.3 is 0 Å². The van der Waals surface area contributed by atoms with E-state index in [1.807, 2.05) is 0 Å². The molecule has 5 heteroatoms. The fourth-order valence-corrected chi connectivity index (χ4v) is 1.57. The van der Waals surface area contributed by atoms with Gasteiger partial charge in [0.2, 0.25) is 0 Å². The van der Waals surface area contributed by atoms with E-state index in [1.165, 1.54) is 0 Å². The zero-order valence-corrected chi connectivity index (χ0v) is 9.20. The summed E-state index contributed by atoms with van der Waals surface area (Å²) in [5.74, 6) is 0. The third-order valence-electron chi connectivity index (χ3n) is 2.41. The molecular formula is C12H11F3N2. The van der Waals surface area contributed by atoms with Crippen LogP contribution in [0.2, 0.25) is 0 Å². The second-order valence-electron chi connectivity index (χ2n) is 3.62. The molecular weight excluding hydrogens is 229 g/mol. The lowest BCUT2D eigenvalue weighted by molar-refractivity contribution is -0.142. The van der Waals surface area contributed by atoms with Crippen LogP contribution >= 0.6 is 0 Å². The molecule has 0 fully saturated rings. The summed E-state index contributed by atoms with van der Waals surface area (Å²) in [6.45, 7) is 1.78. The molecule has 0 aliphatic rings. The summed E-state index contributed by atoms with van der Waals surface area (Å²) in [6, 6.07) is 9.41. The third kappa shape index (κ3) is 2.33. The van der Waals surface area contributed by atoms with Crippen LogP contribution in [0.15, 0.2) is 36.4 Å². The van der Waals surface area contributed by atoms with Gasteiger partial charge in [-0.3, -0.25) is 0 Å². The fraction of sp³-hybridized carbons (Fsp3) is 0.250. The zero-order valence-electron chi connectivity index (χ0n) is 9.20. The van der Waals surface area contributed by atoms with Crippen molar-refractivity contribution in [3.05, 3.63) is 47.8 Å². The predicted molar refractivity (Wildman–Crippen MR) is 57.9 cm³/mol. The molecule has 1 aromatic heterocycles. The van der Waals surface area contributed by atoms with Gasteiger partial charge in [-0.05, 0) is 24.6 Å². The largest absolute Gasteiger partial charge is 0.433 e. The summed E-state index contributed by atoms with van der Waals surface area (Å²) < 4.78 is 39.4. The number of hydrogen-bond donors (Lipinski definition) is 0. The van der Waals surface area contributed by atoms with Crippen molar-refractivity contribution in [2.24, 2.45) is 0 Å². The Labute approximate surface area is 96.7 Å². The highest BCUT2D eigenvalue weighted by molar-refractivity contribution is 5.34. The van der Waals surface area contributed by atoms with E-state index in [-0.39, 0.29) is 0 Å². The van der Waals surface area contributed by atoms with Crippen LogP contribution in [0.25, 0.3) is 5.69 Å². The van der Waals surface area contributed by atoms with Gasteiger partial charge in [0.15, 0.2) is 0 Å². The van der Waals surface area contributed by atoms with Gasteiger partial charge in [0.1, 0.15) is 5.69 Å². The average Bonchev–Trinajstić information content (AvgIpc) is 2.74. The summed E-state index contributed by atoms with van der Waals surface area (Å²) in [6.07, 6.45) is -3.92. The standard InChI is InChI=1S/C12H11F3N2/c1-2-9-8-11(12(13,14)15)17(16-9)10-6-4-3-5-7-10/h3-8H,2H2,1H3. The molecule has 0 spiro atoms. The first-order valence-electron chi connectivity index (χ1n) is 5.24. The zero-order chi connectivity index (χ0) is 12.5. The molecule has 0 saturated heterocycles. The minimum absolute atomic E-state index is 0.416. The molecule has 2 nitrogen and oxygen atoms in total. The number of benzene rings is 1. The van der Waals surface area contributed by atoms with E-state index in [4.69, 9.17) is 0 Å². The second kappa shape index (κ2) is 4.24. The molecule has 0 aliphatic carbocycles. The van der Waals surface area contributed by atoms with Crippen LogP contribution in [0.1, 0.15) is 18.3 Å². The van der Waals surface area contributed by atoms with Crippen molar-refractivity contribution in [3.63, 3.8) is 0 Å². The Morgan fingerprint density at radius 3 is 2.35 bits per heavy atom. The lowest BCUT2D eigenvalue weighted by Gasteiger charge is -2.09. The third-order valence-corrected chi connectivity index (χ3v) is 2.41. The molecule has 90 valence electrons. The van der Waals surface area contributed by atoms with E-state index >= 15 is 0 Å². The number of para-hydroxylation sites is 1. The van der Waals surface area contributed by atoms with Gasteiger partial charge in [-0.15, -0.1) is 0 Å². The number of halogens is 3. The van der Waals surface area contributed by atoms with Crippen LogP contribution < -0.4 is 0 Å². The smallest absolute Gasteiger partial charge is 0.228 e. The van der Waals surface area contributed by atoms with Gasteiger partial charge in [-0.25, -0.2) is 4.68 Å². The van der Waals surface area contributed by atoms with E-state index in [9.17, 15) is 13.2 Å². The molecule has 2 aromatic rings. The number of aromatic nitrogens is 2. The van der Waals surface area contributed by atoms with E-state index in [2.05, 4.69) is 5.10 Å². The Bertz CT molecular complexity index is 500. The van der Waals surface area contributed by atoms with Crippen molar-refractivity contribution in [3.8, 4) is 5.69 Å². The molecule has 1 aromatic carbocycles. The summed E-state index contributed by atoms with van der Waals surface area (Å²) in [5, 5.41) is 3.96. The van der Waals surface area contributed by atoms with Crippen LogP contribution in [-0.4, -0.2) is 9.78 Å². The number of hydrogen-bond acceptors (Lipinski definition) is 1. The Kier molecular flexibility index (Phi) is 2.92. The lowest BCUT2D eigenvalue weighted by atomic mass is 10.3. The molecule has 0 radical (unpaired) electrons. The van der Waals surface area contributed by atoms with Crippen LogP contribution in [0.5, 0.6) is 0 Å². The molecule has 0 saturated carbocycles. The highest BCUT2D eigenvalue weighted by Crippen LogP contribution is 2.31. The molecule has 17 heavy (non-hydrogen) atoms. The molecule has 0 aliphatic heterocycles. The topological polar surface area (TPSA) is 17.8 Å². The van der Waals surface area contributed by atoms with Gasteiger partial charge in [0.25, 0.3) is 0 Å². The van der Waals surface area contributed by atoms with Crippen molar-refractivity contribution in [1.29, 1.82) is 0 Å².